The number of anilines is 2. The molecular formula is C14H20N6S. The van der Waals surface area contributed by atoms with Gasteiger partial charge in [-0.05, 0) is 38.3 Å². The molecule has 2 aromatic heterocycles. The number of likely N-dealkylation sites (tertiary alicyclic amines) is 1. The number of piperidine rings is 1. The third kappa shape index (κ3) is 3.95. The molecule has 3 rings (SSSR count). The molecule has 0 aromatic carbocycles. The lowest BCUT2D eigenvalue weighted by Gasteiger charge is -2.31. The molecule has 1 atom stereocenters. The van der Waals surface area contributed by atoms with Gasteiger partial charge in [0, 0.05) is 18.3 Å². The molecule has 21 heavy (non-hydrogen) atoms. The Labute approximate surface area is 128 Å². The quantitative estimate of drug-likeness (QED) is 0.914. The molecule has 0 saturated carbocycles. The molecular weight excluding hydrogens is 284 g/mol. The highest BCUT2D eigenvalue weighted by Crippen LogP contribution is 2.21. The highest BCUT2D eigenvalue weighted by molar-refractivity contribution is 7.13. The molecule has 0 radical (unpaired) electrons. The van der Waals surface area contributed by atoms with Crippen molar-refractivity contribution in [2.75, 3.05) is 25.0 Å². The Balaban J connectivity index is 1.63. The van der Waals surface area contributed by atoms with Gasteiger partial charge in [-0.3, -0.25) is 0 Å². The standard InChI is InChI=1S/C14H20N6S/c1-2-20-5-3-4-11(8-20)6-12-7-13(16-9-15-12)18-14-19-17-10-21-14/h7,9-11H,2-6,8H2,1H3,(H,15,16,18,19). The van der Waals surface area contributed by atoms with E-state index in [4.69, 9.17) is 0 Å². The maximum absolute atomic E-state index is 4.41. The van der Waals surface area contributed by atoms with Gasteiger partial charge in [-0.2, -0.15) is 0 Å². The Kier molecular flexibility index (Phi) is 4.72. The zero-order valence-electron chi connectivity index (χ0n) is 12.2. The molecule has 1 aliphatic heterocycles. The van der Waals surface area contributed by atoms with Crippen LogP contribution in [-0.4, -0.2) is 44.7 Å². The van der Waals surface area contributed by atoms with Crippen LogP contribution < -0.4 is 5.32 Å². The molecule has 7 heteroatoms. The highest BCUT2D eigenvalue weighted by atomic mass is 32.1. The van der Waals surface area contributed by atoms with E-state index in [1.807, 2.05) is 6.07 Å². The Morgan fingerprint density at radius 3 is 3.19 bits per heavy atom. The normalized spacial score (nSPS) is 19.6. The van der Waals surface area contributed by atoms with Crippen LogP contribution in [0.4, 0.5) is 10.9 Å². The van der Waals surface area contributed by atoms with Crippen molar-refractivity contribution >= 4 is 22.3 Å². The van der Waals surface area contributed by atoms with Crippen LogP contribution in [0.25, 0.3) is 0 Å². The molecule has 0 aliphatic carbocycles. The van der Waals surface area contributed by atoms with Crippen molar-refractivity contribution in [3.8, 4) is 0 Å². The first-order valence-electron chi connectivity index (χ1n) is 7.40. The maximum Gasteiger partial charge on any atom is 0.210 e. The van der Waals surface area contributed by atoms with Gasteiger partial charge in [0.2, 0.25) is 5.13 Å². The van der Waals surface area contributed by atoms with Crippen LogP contribution in [0.5, 0.6) is 0 Å². The minimum Gasteiger partial charge on any atom is -0.315 e. The van der Waals surface area contributed by atoms with Gasteiger partial charge >= 0.3 is 0 Å². The van der Waals surface area contributed by atoms with E-state index in [0.717, 1.165) is 29.6 Å². The molecule has 3 heterocycles. The van der Waals surface area contributed by atoms with Crippen LogP contribution in [0.1, 0.15) is 25.5 Å². The molecule has 112 valence electrons. The number of hydrogen-bond donors (Lipinski definition) is 1. The van der Waals surface area contributed by atoms with E-state index < -0.39 is 0 Å². The van der Waals surface area contributed by atoms with Crippen LogP contribution in [0, 0.1) is 5.92 Å². The Hall–Kier alpha value is -1.60. The van der Waals surface area contributed by atoms with Crippen molar-refractivity contribution in [1.29, 1.82) is 0 Å². The van der Waals surface area contributed by atoms with Gasteiger partial charge in [0.1, 0.15) is 17.7 Å². The first-order chi connectivity index (χ1) is 10.3. The summed E-state index contributed by atoms with van der Waals surface area (Å²) in [6.45, 7) is 5.79. The Morgan fingerprint density at radius 2 is 2.38 bits per heavy atom. The molecule has 1 saturated heterocycles. The van der Waals surface area contributed by atoms with Gasteiger partial charge in [-0.1, -0.05) is 18.3 Å². The SMILES string of the molecule is CCN1CCCC(Cc2cc(Nc3nncs3)ncn2)C1. The van der Waals surface area contributed by atoms with E-state index in [1.165, 1.54) is 37.3 Å². The maximum atomic E-state index is 4.41. The minimum absolute atomic E-state index is 0.697. The average molecular weight is 304 g/mol. The van der Waals surface area contributed by atoms with Gasteiger partial charge < -0.3 is 10.2 Å². The lowest BCUT2D eigenvalue weighted by molar-refractivity contribution is 0.181. The molecule has 2 aromatic rings. The fourth-order valence-corrected chi connectivity index (χ4v) is 3.27. The smallest absolute Gasteiger partial charge is 0.210 e. The monoisotopic (exact) mass is 304 g/mol. The number of aromatic nitrogens is 4. The Morgan fingerprint density at radius 1 is 1.43 bits per heavy atom. The van der Waals surface area contributed by atoms with Crippen molar-refractivity contribution in [3.05, 3.63) is 23.6 Å². The van der Waals surface area contributed by atoms with Crippen molar-refractivity contribution in [2.24, 2.45) is 5.92 Å². The largest absolute Gasteiger partial charge is 0.315 e. The summed E-state index contributed by atoms with van der Waals surface area (Å²) in [5, 5.41) is 11.7. The molecule has 0 bridgehead atoms. The van der Waals surface area contributed by atoms with Crippen molar-refractivity contribution in [1.82, 2.24) is 25.1 Å². The summed E-state index contributed by atoms with van der Waals surface area (Å²) >= 11 is 1.46. The lowest BCUT2D eigenvalue weighted by atomic mass is 9.93. The fraction of sp³-hybridized carbons (Fsp3) is 0.571. The van der Waals surface area contributed by atoms with E-state index >= 15 is 0 Å². The molecule has 1 N–H and O–H groups in total. The summed E-state index contributed by atoms with van der Waals surface area (Å²) in [6.07, 6.45) is 5.22. The van der Waals surface area contributed by atoms with Crippen LogP contribution in [0.2, 0.25) is 0 Å². The molecule has 1 fully saturated rings. The van der Waals surface area contributed by atoms with E-state index in [9.17, 15) is 0 Å². The molecule has 0 amide bonds. The van der Waals surface area contributed by atoms with E-state index in [0.29, 0.717) is 5.92 Å². The highest BCUT2D eigenvalue weighted by Gasteiger charge is 2.19. The summed E-state index contributed by atoms with van der Waals surface area (Å²) in [5.41, 5.74) is 2.80. The van der Waals surface area contributed by atoms with Gasteiger partial charge in [-0.25, -0.2) is 9.97 Å². The summed E-state index contributed by atoms with van der Waals surface area (Å²) in [6, 6.07) is 2.02. The second kappa shape index (κ2) is 6.91. The van der Waals surface area contributed by atoms with Crippen molar-refractivity contribution in [2.45, 2.75) is 26.2 Å². The Bertz CT molecular complexity index is 558. The molecule has 1 unspecified atom stereocenters. The topological polar surface area (TPSA) is 66.8 Å². The van der Waals surface area contributed by atoms with Gasteiger partial charge in [0.05, 0.1) is 0 Å². The first-order valence-corrected chi connectivity index (χ1v) is 8.28. The first kappa shape index (κ1) is 14.3. The number of nitrogens with zero attached hydrogens (tertiary/aromatic N) is 5. The van der Waals surface area contributed by atoms with Crippen molar-refractivity contribution in [3.63, 3.8) is 0 Å². The van der Waals surface area contributed by atoms with Crippen molar-refractivity contribution < 1.29 is 0 Å². The van der Waals surface area contributed by atoms with Crippen LogP contribution in [-0.2, 0) is 6.42 Å². The number of rotatable bonds is 5. The second-order valence-corrected chi connectivity index (χ2v) is 6.20. The lowest BCUT2D eigenvalue weighted by Crippen LogP contribution is -2.36. The zero-order chi connectivity index (χ0) is 14.5. The molecule has 1 aliphatic rings. The van der Waals surface area contributed by atoms with Gasteiger partial charge in [-0.15, -0.1) is 10.2 Å². The summed E-state index contributed by atoms with van der Waals surface area (Å²) in [4.78, 5) is 11.2. The van der Waals surface area contributed by atoms with E-state index in [-0.39, 0.29) is 0 Å². The third-order valence-electron chi connectivity index (χ3n) is 3.87. The molecule has 6 nitrogen and oxygen atoms in total. The second-order valence-electron chi connectivity index (χ2n) is 5.37. The minimum atomic E-state index is 0.697. The number of nitrogens with one attached hydrogen (secondary N) is 1. The fourth-order valence-electron chi connectivity index (χ4n) is 2.82. The van der Waals surface area contributed by atoms with Crippen LogP contribution in [0.15, 0.2) is 17.9 Å². The predicted octanol–water partition coefficient (Wildman–Crippen LogP) is 2.35. The van der Waals surface area contributed by atoms with Gasteiger partial charge in [0.25, 0.3) is 0 Å². The number of hydrogen-bond acceptors (Lipinski definition) is 7. The zero-order valence-corrected chi connectivity index (χ0v) is 13.0. The van der Waals surface area contributed by atoms with E-state index in [2.05, 4.69) is 37.3 Å². The summed E-state index contributed by atoms with van der Waals surface area (Å²) in [7, 11) is 0. The van der Waals surface area contributed by atoms with Crippen LogP contribution >= 0.6 is 11.3 Å². The summed E-state index contributed by atoms with van der Waals surface area (Å²) in [5.74, 6) is 1.49. The van der Waals surface area contributed by atoms with E-state index in [1.54, 1.807) is 11.8 Å². The van der Waals surface area contributed by atoms with Crippen LogP contribution in [0.3, 0.4) is 0 Å². The third-order valence-corrected chi connectivity index (χ3v) is 4.47. The predicted molar refractivity (Wildman–Crippen MR) is 83.8 cm³/mol. The summed E-state index contributed by atoms with van der Waals surface area (Å²) < 4.78 is 0. The molecule has 0 spiro atoms. The average Bonchev–Trinajstić information content (AvgIpc) is 3.01. The van der Waals surface area contributed by atoms with Gasteiger partial charge in [0.15, 0.2) is 0 Å².